The van der Waals surface area contributed by atoms with Crippen molar-refractivity contribution < 1.29 is 17.4 Å². The molecule has 0 saturated heterocycles. The van der Waals surface area contributed by atoms with Gasteiger partial charge in [0.25, 0.3) is 15.7 Å². The van der Waals surface area contributed by atoms with Gasteiger partial charge in [-0.2, -0.15) is 8.42 Å². The average Bonchev–Trinajstić information content (AvgIpc) is 2.63. The van der Waals surface area contributed by atoms with E-state index >= 15 is 0 Å². The molecule has 152 valence electrons. The van der Waals surface area contributed by atoms with Crippen LogP contribution in [-0.4, -0.2) is 22.5 Å². The van der Waals surface area contributed by atoms with Gasteiger partial charge in [-0.15, -0.1) is 0 Å². The Morgan fingerprint density at radius 2 is 1.72 bits per heavy atom. The lowest BCUT2D eigenvalue weighted by Gasteiger charge is -2.16. The van der Waals surface area contributed by atoms with Crippen LogP contribution in [0.4, 0.5) is 4.39 Å². The predicted octanol–water partition coefficient (Wildman–Crippen LogP) is 4.52. The van der Waals surface area contributed by atoms with Crippen LogP contribution in [-0.2, 0) is 10.1 Å². The van der Waals surface area contributed by atoms with E-state index < -0.39 is 21.5 Å². The molecule has 0 spiro atoms. The SMILES string of the molecule is Cc1ccc(S(=O)(=O)O)c(-c2nc(C)n(-c3ccc(F)c(Cl)c3Cl)c(=O)c2C)c1. The first kappa shape index (κ1) is 21.4. The van der Waals surface area contributed by atoms with Crippen LogP contribution < -0.4 is 5.56 Å². The lowest BCUT2D eigenvalue weighted by molar-refractivity contribution is 0.483. The molecule has 0 radical (unpaired) electrons. The number of nitrogens with zero attached hydrogens (tertiary/aromatic N) is 2. The molecule has 3 rings (SSSR count). The van der Waals surface area contributed by atoms with Crippen molar-refractivity contribution in [3.05, 3.63) is 73.5 Å². The summed E-state index contributed by atoms with van der Waals surface area (Å²) in [5, 5.41) is -0.482. The molecule has 0 fully saturated rings. The lowest BCUT2D eigenvalue weighted by atomic mass is 10.0. The van der Waals surface area contributed by atoms with Gasteiger partial charge in [-0.25, -0.2) is 9.37 Å². The fourth-order valence-electron chi connectivity index (χ4n) is 3.00. The molecule has 0 atom stereocenters. The summed E-state index contributed by atoms with van der Waals surface area (Å²) in [6.45, 7) is 4.72. The van der Waals surface area contributed by atoms with E-state index in [1.165, 1.54) is 38.1 Å². The number of halogens is 3. The van der Waals surface area contributed by atoms with Crippen molar-refractivity contribution in [1.29, 1.82) is 0 Å². The van der Waals surface area contributed by atoms with Gasteiger partial charge in [0.1, 0.15) is 16.5 Å². The molecule has 0 amide bonds. The quantitative estimate of drug-likeness (QED) is 0.462. The Morgan fingerprint density at radius 1 is 1.07 bits per heavy atom. The van der Waals surface area contributed by atoms with Gasteiger partial charge in [-0.05, 0) is 45.0 Å². The zero-order valence-corrected chi connectivity index (χ0v) is 17.8. The lowest BCUT2D eigenvalue weighted by Crippen LogP contribution is -2.26. The molecule has 0 aliphatic carbocycles. The van der Waals surface area contributed by atoms with Gasteiger partial charge in [0.05, 0.1) is 21.4 Å². The van der Waals surface area contributed by atoms with E-state index in [2.05, 4.69) is 4.98 Å². The Balaban J connectivity index is 2.36. The highest BCUT2D eigenvalue weighted by Crippen LogP contribution is 2.32. The zero-order chi connectivity index (χ0) is 21.7. The third kappa shape index (κ3) is 3.81. The van der Waals surface area contributed by atoms with Gasteiger partial charge in [0.15, 0.2) is 0 Å². The normalized spacial score (nSPS) is 11.7. The van der Waals surface area contributed by atoms with E-state index in [-0.39, 0.29) is 43.3 Å². The first-order valence-corrected chi connectivity index (χ1v) is 10.5. The summed E-state index contributed by atoms with van der Waals surface area (Å²) in [6, 6.07) is 6.67. The smallest absolute Gasteiger partial charge is 0.282 e. The van der Waals surface area contributed by atoms with Crippen molar-refractivity contribution in [2.24, 2.45) is 0 Å². The minimum atomic E-state index is -4.55. The second-order valence-corrected chi connectivity index (χ2v) is 8.59. The molecule has 1 heterocycles. The van der Waals surface area contributed by atoms with E-state index in [4.69, 9.17) is 23.2 Å². The maximum atomic E-state index is 13.6. The van der Waals surface area contributed by atoms with Crippen molar-refractivity contribution in [1.82, 2.24) is 9.55 Å². The summed E-state index contributed by atoms with van der Waals surface area (Å²) < 4.78 is 48.0. The topological polar surface area (TPSA) is 89.3 Å². The highest BCUT2D eigenvalue weighted by Gasteiger charge is 2.23. The molecule has 6 nitrogen and oxygen atoms in total. The molecule has 0 saturated carbocycles. The highest BCUT2D eigenvalue weighted by atomic mass is 35.5. The van der Waals surface area contributed by atoms with E-state index in [9.17, 15) is 22.2 Å². The largest absolute Gasteiger partial charge is 0.295 e. The fourth-order valence-corrected chi connectivity index (χ4v) is 4.07. The van der Waals surface area contributed by atoms with E-state index in [0.29, 0.717) is 5.56 Å². The summed E-state index contributed by atoms with van der Waals surface area (Å²) in [4.78, 5) is 17.1. The van der Waals surface area contributed by atoms with Crippen molar-refractivity contribution in [3.63, 3.8) is 0 Å². The molecule has 0 unspecified atom stereocenters. The third-order valence-corrected chi connectivity index (χ3v) is 6.16. The molecule has 2 aromatic carbocycles. The Labute approximate surface area is 176 Å². The van der Waals surface area contributed by atoms with Gasteiger partial charge in [0, 0.05) is 11.1 Å². The predicted molar refractivity (Wildman–Crippen MR) is 109 cm³/mol. The minimum absolute atomic E-state index is 0.0978. The number of aryl methyl sites for hydroxylation is 2. The fraction of sp³-hybridized carbons (Fsp3) is 0.158. The monoisotopic (exact) mass is 456 g/mol. The van der Waals surface area contributed by atoms with Gasteiger partial charge in [-0.1, -0.05) is 34.8 Å². The summed E-state index contributed by atoms with van der Waals surface area (Å²) in [5.74, 6) is -0.562. The summed E-state index contributed by atoms with van der Waals surface area (Å²) in [7, 11) is -4.55. The summed E-state index contributed by atoms with van der Waals surface area (Å²) in [5.41, 5.74) is 0.623. The number of rotatable bonds is 3. The Kier molecular flexibility index (Phi) is 5.57. The van der Waals surface area contributed by atoms with Crippen LogP contribution in [0.5, 0.6) is 0 Å². The summed E-state index contributed by atoms with van der Waals surface area (Å²) >= 11 is 12.0. The standard InChI is InChI=1S/C19H15Cl2FN2O4S/c1-9-4-7-15(29(26,27)28)12(8-9)18-10(2)19(25)24(11(3)23-18)14-6-5-13(22)16(20)17(14)21/h4-8H,1-3H3,(H,26,27,28). The van der Waals surface area contributed by atoms with Crippen LogP contribution in [0, 0.1) is 26.6 Å². The van der Waals surface area contributed by atoms with Crippen LogP contribution in [0.1, 0.15) is 17.0 Å². The Bertz CT molecular complexity index is 1320. The van der Waals surface area contributed by atoms with Gasteiger partial charge < -0.3 is 0 Å². The second-order valence-electron chi connectivity index (χ2n) is 6.44. The maximum Gasteiger partial charge on any atom is 0.295 e. The molecular formula is C19H15Cl2FN2O4S. The van der Waals surface area contributed by atoms with Crippen LogP contribution in [0.3, 0.4) is 0 Å². The van der Waals surface area contributed by atoms with Crippen molar-refractivity contribution in [2.75, 3.05) is 0 Å². The maximum absolute atomic E-state index is 13.6. The Hall–Kier alpha value is -2.26. The molecule has 0 aliphatic rings. The third-order valence-electron chi connectivity index (χ3n) is 4.40. The first-order chi connectivity index (χ1) is 13.4. The molecule has 29 heavy (non-hydrogen) atoms. The van der Waals surface area contributed by atoms with Crippen molar-refractivity contribution in [3.8, 4) is 16.9 Å². The average molecular weight is 457 g/mol. The molecule has 1 N–H and O–H groups in total. The Morgan fingerprint density at radius 3 is 2.34 bits per heavy atom. The van der Waals surface area contributed by atoms with E-state index in [1.807, 2.05) is 0 Å². The van der Waals surface area contributed by atoms with E-state index in [0.717, 1.165) is 10.6 Å². The molecule has 3 aromatic rings. The molecule has 1 aromatic heterocycles. The number of benzene rings is 2. The molecule has 0 aliphatic heterocycles. The number of hydrogen-bond donors (Lipinski definition) is 1. The first-order valence-electron chi connectivity index (χ1n) is 8.26. The van der Waals surface area contributed by atoms with E-state index in [1.54, 1.807) is 6.92 Å². The van der Waals surface area contributed by atoms with Crippen LogP contribution >= 0.6 is 23.2 Å². The van der Waals surface area contributed by atoms with Gasteiger partial charge in [0.2, 0.25) is 0 Å². The number of hydrogen-bond acceptors (Lipinski definition) is 4. The van der Waals surface area contributed by atoms with Crippen LogP contribution in [0.25, 0.3) is 16.9 Å². The second kappa shape index (κ2) is 7.53. The molecule has 0 bridgehead atoms. The zero-order valence-electron chi connectivity index (χ0n) is 15.5. The summed E-state index contributed by atoms with van der Waals surface area (Å²) in [6.07, 6.45) is 0. The van der Waals surface area contributed by atoms with Gasteiger partial charge in [-0.3, -0.25) is 13.9 Å². The van der Waals surface area contributed by atoms with Crippen molar-refractivity contribution in [2.45, 2.75) is 25.7 Å². The molecule has 10 heteroatoms. The molecular weight excluding hydrogens is 442 g/mol. The van der Waals surface area contributed by atoms with Gasteiger partial charge >= 0.3 is 0 Å². The van der Waals surface area contributed by atoms with Crippen LogP contribution in [0.2, 0.25) is 10.0 Å². The number of aromatic nitrogens is 2. The highest BCUT2D eigenvalue weighted by molar-refractivity contribution is 7.86. The minimum Gasteiger partial charge on any atom is -0.282 e. The van der Waals surface area contributed by atoms with Crippen molar-refractivity contribution >= 4 is 33.3 Å². The van der Waals surface area contributed by atoms with Crippen LogP contribution in [0.15, 0.2) is 40.0 Å².